The van der Waals surface area contributed by atoms with Gasteiger partial charge < -0.3 is 14.5 Å². The van der Waals surface area contributed by atoms with Crippen molar-refractivity contribution in [2.75, 3.05) is 30.3 Å². The Morgan fingerprint density at radius 1 is 1.23 bits per heavy atom. The van der Waals surface area contributed by atoms with Crippen molar-refractivity contribution >= 4 is 34.0 Å². The number of carbonyl (C=O) groups excluding carboxylic acids is 2. The van der Waals surface area contributed by atoms with Gasteiger partial charge in [0.2, 0.25) is 5.91 Å². The fourth-order valence-corrected chi connectivity index (χ4v) is 4.29. The first-order valence-electron chi connectivity index (χ1n) is 9.70. The molecule has 1 aromatic carbocycles. The van der Waals surface area contributed by atoms with Crippen LogP contribution in [-0.4, -0.2) is 41.4 Å². The van der Waals surface area contributed by atoms with Crippen LogP contribution in [0.4, 0.5) is 10.8 Å². The highest BCUT2D eigenvalue weighted by Crippen LogP contribution is 2.29. The van der Waals surface area contributed by atoms with Gasteiger partial charge in [0, 0.05) is 24.4 Å². The summed E-state index contributed by atoms with van der Waals surface area (Å²) in [6, 6.07) is 10.7. The molecule has 0 atom stereocenters. The minimum Gasteiger partial charge on any atom is -0.492 e. The Bertz CT molecular complexity index is 1030. The zero-order chi connectivity index (χ0) is 20.9. The molecule has 30 heavy (non-hydrogen) atoms. The van der Waals surface area contributed by atoms with Gasteiger partial charge in [-0.25, -0.2) is 4.98 Å². The Labute approximate surface area is 177 Å². The van der Waals surface area contributed by atoms with Crippen molar-refractivity contribution in [2.45, 2.75) is 19.9 Å². The summed E-state index contributed by atoms with van der Waals surface area (Å²) >= 11 is 1.43. The summed E-state index contributed by atoms with van der Waals surface area (Å²) in [6.07, 6.45) is 2.18. The van der Waals surface area contributed by atoms with Gasteiger partial charge in [0.15, 0.2) is 10.9 Å². The molecule has 4 rings (SSSR count). The second kappa shape index (κ2) is 9.10. The number of thiazole rings is 1. The maximum atomic E-state index is 12.5. The third kappa shape index (κ3) is 4.69. The molecule has 0 saturated carbocycles. The van der Waals surface area contributed by atoms with Crippen LogP contribution in [0.3, 0.4) is 0 Å². The lowest BCUT2D eigenvalue weighted by molar-refractivity contribution is -0.117. The molecule has 1 aliphatic rings. The molecule has 0 spiro atoms. The van der Waals surface area contributed by atoms with Gasteiger partial charge in [0.05, 0.1) is 30.8 Å². The quantitative estimate of drug-likeness (QED) is 0.601. The number of para-hydroxylation sites is 2. The minimum atomic E-state index is -0.324. The molecule has 0 aliphatic carbocycles. The van der Waals surface area contributed by atoms with Crippen molar-refractivity contribution in [3.8, 4) is 5.75 Å². The van der Waals surface area contributed by atoms with E-state index in [-0.39, 0.29) is 24.1 Å². The van der Waals surface area contributed by atoms with Crippen LogP contribution in [0.5, 0.6) is 5.75 Å². The van der Waals surface area contributed by atoms with E-state index in [1.54, 1.807) is 12.1 Å². The van der Waals surface area contributed by atoms with Gasteiger partial charge in [-0.2, -0.15) is 0 Å². The number of nitrogens with zero attached hydrogens (tertiary/aromatic N) is 2. The number of fused-ring (bicyclic) bond motifs is 1. The number of anilines is 2. The maximum absolute atomic E-state index is 12.5. The van der Waals surface area contributed by atoms with E-state index in [0.29, 0.717) is 29.7 Å². The van der Waals surface area contributed by atoms with Gasteiger partial charge in [-0.3, -0.25) is 19.8 Å². The number of hydrogen-bond acceptors (Lipinski definition) is 7. The van der Waals surface area contributed by atoms with Crippen LogP contribution >= 0.6 is 11.3 Å². The van der Waals surface area contributed by atoms with E-state index >= 15 is 0 Å². The number of rotatable bonds is 7. The van der Waals surface area contributed by atoms with E-state index in [1.165, 1.54) is 17.6 Å². The average Bonchev–Trinajstić information content (AvgIpc) is 3.39. The molecule has 0 fully saturated rings. The fraction of sp³-hybridized carbons (Fsp3) is 0.286. The molecule has 156 valence electrons. The summed E-state index contributed by atoms with van der Waals surface area (Å²) in [4.78, 5) is 32.3. The van der Waals surface area contributed by atoms with E-state index in [1.807, 2.05) is 31.2 Å². The van der Waals surface area contributed by atoms with Gasteiger partial charge >= 0.3 is 0 Å². The molecular formula is C21H22N4O4S. The Morgan fingerprint density at radius 2 is 2.10 bits per heavy atom. The van der Waals surface area contributed by atoms with Crippen molar-refractivity contribution in [2.24, 2.45) is 0 Å². The molecule has 2 N–H and O–H groups in total. The van der Waals surface area contributed by atoms with Crippen LogP contribution in [-0.2, 0) is 17.8 Å². The highest BCUT2D eigenvalue weighted by Gasteiger charge is 2.23. The Hall–Kier alpha value is -3.17. The first-order chi connectivity index (χ1) is 14.6. The van der Waals surface area contributed by atoms with Crippen LogP contribution in [0, 0.1) is 0 Å². The number of carbonyl (C=O) groups is 2. The van der Waals surface area contributed by atoms with E-state index in [9.17, 15) is 9.59 Å². The second-order valence-electron chi connectivity index (χ2n) is 6.76. The average molecular weight is 426 g/mol. The van der Waals surface area contributed by atoms with Crippen LogP contribution < -0.4 is 15.4 Å². The molecule has 2 amide bonds. The number of ether oxygens (including phenoxy) is 1. The second-order valence-corrected chi connectivity index (χ2v) is 7.84. The molecule has 0 bridgehead atoms. The molecule has 3 heterocycles. The predicted molar refractivity (Wildman–Crippen MR) is 114 cm³/mol. The lowest BCUT2D eigenvalue weighted by Gasteiger charge is -2.25. The SMILES string of the molecule is CCOc1ccccc1NC(=O)CN1CCc2nc(NC(=O)c3ccco3)sc2C1. The molecule has 0 unspecified atom stereocenters. The van der Waals surface area contributed by atoms with Crippen molar-refractivity contribution in [1.29, 1.82) is 0 Å². The van der Waals surface area contributed by atoms with Crippen molar-refractivity contribution in [3.05, 3.63) is 59.0 Å². The molecule has 2 aromatic heterocycles. The molecule has 9 heteroatoms. The van der Waals surface area contributed by atoms with E-state index < -0.39 is 0 Å². The highest BCUT2D eigenvalue weighted by atomic mass is 32.1. The maximum Gasteiger partial charge on any atom is 0.293 e. The Kier molecular flexibility index (Phi) is 6.10. The monoisotopic (exact) mass is 426 g/mol. The Morgan fingerprint density at radius 3 is 2.90 bits per heavy atom. The summed E-state index contributed by atoms with van der Waals surface area (Å²) in [6.45, 7) is 4.05. The molecule has 0 saturated heterocycles. The van der Waals surface area contributed by atoms with Crippen molar-refractivity contribution in [1.82, 2.24) is 9.88 Å². The molecule has 1 aliphatic heterocycles. The zero-order valence-electron chi connectivity index (χ0n) is 16.5. The summed E-state index contributed by atoms with van der Waals surface area (Å²) < 4.78 is 10.7. The van der Waals surface area contributed by atoms with Crippen LogP contribution in [0.25, 0.3) is 0 Å². The lowest BCUT2D eigenvalue weighted by Crippen LogP contribution is -2.36. The van der Waals surface area contributed by atoms with Crippen molar-refractivity contribution in [3.63, 3.8) is 0 Å². The van der Waals surface area contributed by atoms with Crippen molar-refractivity contribution < 1.29 is 18.7 Å². The summed E-state index contributed by atoms with van der Waals surface area (Å²) in [5.41, 5.74) is 1.64. The van der Waals surface area contributed by atoms with Gasteiger partial charge in [-0.05, 0) is 31.2 Å². The van der Waals surface area contributed by atoms with Gasteiger partial charge in [0.1, 0.15) is 5.75 Å². The first kappa shape index (κ1) is 20.1. The van der Waals surface area contributed by atoms with Crippen LogP contribution in [0.2, 0.25) is 0 Å². The molecule has 8 nitrogen and oxygen atoms in total. The normalized spacial score (nSPS) is 13.5. The van der Waals surface area contributed by atoms with Crippen LogP contribution in [0.1, 0.15) is 28.0 Å². The topological polar surface area (TPSA) is 96.7 Å². The standard InChI is InChI=1S/C21H22N4O4S/c1-2-28-16-7-4-3-6-14(16)22-19(26)13-25-10-9-15-18(12-25)30-21(23-15)24-20(27)17-8-5-11-29-17/h3-8,11H,2,9-10,12-13H2,1H3,(H,22,26)(H,23,24,27). The van der Waals surface area contributed by atoms with Crippen LogP contribution in [0.15, 0.2) is 47.1 Å². The minimum absolute atomic E-state index is 0.0959. The first-order valence-corrected chi connectivity index (χ1v) is 10.5. The summed E-state index contributed by atoms with van der Waals surface area (Å²) in [5.74, 6) is 0.485. The molecule has 3 aromatic rings. The van der Waals surface area contributed by atoms with E-state index in [2.05, 4.69) is 20.5 Å². The number of furan rings is 1. The lowest BCUT2D eigenvalue weighted by atomic mass is 10.2. The van der Waals surface area contributed by atoms with E-state index in [4.69, 9.17) is 9.15 Å². The van der Waals surface area contributed by atoms with Gasteiger partial charge in [-0.1, -0.05) is 12.1 Å². The molecular weight excluding hydrogens is 404 g/mol. The molecule has 0 radical (unpaired) electrons. The fourth-order valence-electron chi connectivity index (χ4n) is 3.25. The van der Waals surface area contributed by atoms with Gasteiger partial charge in [0.25, 0.3) is 5.91 Å². The van der Waals surface area contributed by atoms with E-state index in [0.717, 1.165) is 23.5 Å². The number of nitrogens with one attached hydrogen (secondary N) is 2. The third-order valence-electron chi connectivity index (χ3n) is 4.60. The highest BCUT2D eigenvalue weighted by molar-refractivity contribution is 7.15. The third-order valence-corrected chi connectivity index (χ3v) is 5.60. The number of aromatic nitrogens is 1. The number of hydrogen-bond donors (Lipinski definition) is 2. The predicted octanol–water partition coefficient (Wildman–Crippen LogP) is 3.38. The Balaban J connectivity index is 1.35. The number of benzene rings is 1. The summed E-state index contributed by atoms with van der Waals surface area (Å²) in [5, 5.41) is 6.24. The smallest absolute Gasteiger partial charge is 0.293 e. The largest absolute Gasteiger partial charge is 0.492 e. The van der Waals surface area contributed by atoms with Gasteiger partial charge in [-0.15, -0.1) is 11.3 Å². The zero-order valence-corrected chi connectivity index (χ0v) is 17.3. The number of amides is 2. The summed E-state index contributed by atoms with van der Waals surface area (Å²) in [7, 11) is 0.